The summed E-state index contributed by atoms with van der Waals surface area (Å²) in [4.78, 5) is 14.6. The summed E-state index contributed by atoms with van der Waals surface area (Å²) in [5.41, 5.74) is 0.598. The molecular weight excluding hydrogens is 280 g/mol. The average molecular weight is 294 g/mol. The highest BCUT2D eigenvalue weighted by Gasteiger charge is 2.16. The van der Waals surface area contributed by atoms with Gasteiger partial charge in [0.25, 0.3) is 0 Å². The van der Waals surface area contributed by atoms with E-state index in [1.54, 1.807) is 30.5 Å². The highest BCUT2D eigenvalue weighted by molar-refractivity contribution is 7.89. The van der Waals surface area contributed by atoms with Crippen molar-refractivity contribution in [2.24, 2.45) is 0 Å². The van der Waals surface area contributed by atoms with E-state index in [1.165, 1.54) is 6.07 Å². The number of carboxylic acid groups (broad SMARTS) is 1. The number of benzene rings is 1. The molecule has 0 atom stereocenters. The maximum Gasteiger partial charge on any atom is 0.303 e. The molecule has 0 aliphatic heterocycles. The first kappa shape index (κ1) is 14.4. The van der Waals surface area contributed by atoms with Crippen molar-refractivity contribution >= 4 is 26.9 Å². The summed E-state index contributed by atoms with van der Waals surface area (Å²) < 4.78 is 26.8. The Hall–Kier alpha value is -1.99. The van der Waals surface area contributed by atoms with Gasteiger partial charge in [-0.05, 0) is 30.7 Å². The fraction of sp³-hybridized carbons (Fsp3) is 0.231. The number of hydrogen-bond acceptors (Lipinski definition) is 4. The topological polar surface area (TPSA) is 96.4 Å². The Balaban J connectivity index is 2.21. The van der Waals surface area contributed by atoms with Gasteiger partial charge in [0.1, 0.15) is 0 Å². The van der Waals surface area contributed by atoms with Crippen LogP contribution in [0.1, 0.15) is 12.8 Å². The summed E-state index contributed by atoms with van der Waals surface area (Å²) in [6.45, 7) is 0.0886. The largest absolute Gasteiger partial charge is 0.481 e. The smallest absolute Gasteiger partial charge is 0.303 e. The van der Waals surface area contributed by atoms with E-state index in [2.05, 4.69) is 9.71 Å². The molecule has 7 heteroatoms. The quantitative estimate of drug-likeness (QED) is 0.785. The van der Waals surface area contributed by atoms with Gasteiger partial charge in [0.05, 0.1) is 10.4 Å². The molecule has 0 aliphatic rings. The lowest BCUT2D eigenvalue weighted by atomic mass is 10.2. The van der Waals surface area contributed by atoms with E-state index in [1.807, 2.05) is 0 Å². The summed E-state index contributed by atoms with van der Waals surface area (Å²) >= 11 is 0. The predicted octanol–water partition coefficient (Wildman–Crippen LogP) is 1.38. The predicted molar refractivity (Wildman–Crippen MR) is 73.8 cm³/mol. The molecule has 0 unspecified atom stereocenters. The molecule has 0 spiro atoms. The van der Waals surface area contributed by atoms with Gasteiger partial charge in [-0.3, -0.25) is 9.78 Å². The number of sulfonamides is 1. The molecule has 0 saturated carbocycles. The number of aromatic nitrogens is 1. The Labute approximate surface area is 116 Å². The van der Waals surface area contributed by atoms with Crippen molar-refractivity contribution in [3.05, 3.63) is 36.5 Å². The fourth-order valence-electron chi connectivity index (χ4n) is 1.83. The monoisotopic (exact) mass is 294 g/mol. The fourth-order valence-corrected chi connectivity index (χ4v) is 3.12. The van der Waals surface area contributed by atoms with Gasteiger partial charge in [-0.2, -0.15) is 0 Å². The molecule has 0 bridgehead atoms. The zero-order chi connectivity index (χ0) is 14.6. The Kier molecular flexibility index (Phi) is 4.31. The number of nitrogens with one attached hydrogen (secondary N) is 1. The Morgan fingerprint density at radius 2 is 2.05 bits per heavy atom. The molecule has 2 aromatic rings. The number of carbonyl (C=O) groups is 1. The molecule has 6 nitrogen and oxygen atoms in total. The molecule has 1 aromatic heterocycles. The Morgan fingerprint density at radius 1 is 1.25 bits per heavy atom. The molecule has 0 amide bonds. The van der Waals surface area contributed by atoms with Crippen LogP contribution in [-0.2, 0) is 14.8 Å². The third-order valence-electron chi connectivity index (χ3n) is 2.75. The first-order valence-electron chi connectivity index (χ1n) is 6.06. The number of pyridine rings is 1. The van der Waals surface area contributed by atoms with Crippen molar-refractivity contribution in [3.63, 3.8) is 0 Å². The van der Waals surface area contributed by atoms with Gasteiger partial charge in [-0.1, -0.05) is 6.07 Å². The van der Waals surface area contributed by atoms with E-state index in [-0.39, 0.29) is 24.3 Å². The standard InChI is InChI=1S/C13H14N2O4S/c16-13(17)7-3-9-15-20(18,19)12-6-1-5-11-10(12)4-2-8-14-11/h1-2,4-6,8,15H,3,7,9H2,(H,16,17). The summed E-state index contributed by atoms with van der Waals surface area (Å²) in [6.07, 6.45) is 1.77. The molecule has 2 N–H and O–H groups in total. The lowest BCUT2D eigenvalue weighted by molar-refractivity contribution is -0.137. The van der Waals surface area contributed by atoms with E-state index in [9.17, 15) is 13.2 Å². The van der Waals surface area contributed by atoms with Crippen LogP contribution in [0.2, 0.25) is 0 Å². The highest BCUT2D eigenvalue weighted by atomic mass is 32.2. The lowest BCUT2D eigenvalue weighted by Gasteiger charge is -2.08. The van der Waals surface area contributed by atoms with Gasteiger partial charge >= 0.3 is 5.97 Å². The first-order chi connectivity index (χ1) is 9.50. The second kappa shape index (κ2) is 5.98. The van der Waals surface area contributed by atoms with Crippen LogP contribution in [0.5, 0.6) is 0 Å². The van der Waals surface area contributed by atoms with Crippen LogP contribution in [0.15, 0.2) is 41.4 Å². The summed E-state index contributed by atoms with van der Waals surface area (Å²) in [5, 5.41) is 9.06. The first-order valence-corrected chi connectivity index (χ1v) is 7.54. The maximum atomic E-state index is 12.2. The van der Waals surface area contributed by atoms with Crippen LogP contribution in [0.3, 0.4) is 0 Å². The molecular formula is C13H14N2O4S. The van der Waals surface area contributed by atoms with E-state index < -0.39 is 16.0 Å². The minimum absolute atomic E-state index is 0.0698. The summed E-state index contributed by atoms with van der Waals surface area (Å²) in [7, 11) is -3.67. The minimum atomic E-state index is -3.67. The lowest BCUT2D eigenvalue weighted by Crippen LogP contribution is -2.25. The highest BCUT2D eigenvalue weighted by Crippen LogP contribution is 2.20. The van der Waals surface area contributed by atoms with Gasteiger partial charge in [-0.15, -0.1) is 0 Å². The average Bonchev–Trinajstić information content (AvgIpc) is 2.43. The number of carboxylic acids is 1. The van der Waals surface area contributed by atoms with Crippen molar-refractivity contribution in [1.29, 1.82) is 0 Å². The molecule has 0 saturated heterocycles. The molecule has 1 aromatic carbocycles. The van der Waals surface area contributed by atoms with Gasteiger partial charge in [-0.25, -0.2) is 13.1 Å². The minimum Gasteiger partial charge on any atom is -0.481 e. The van der Waals surface area contributed by atoms with Gasteiger partial charge in [0.15, 0.2) is 0 Å². The van der Waals surface area contributed by atoms with Crippen molar-refractivity contribution < 1.29 is 18.3 Å². The van der Waals surface area contributed by atoms with Gasteiger partial charge in [0.2, 0.25) is 10.0 Å². The van der Waals surface area contributed by atoms with E-state index in [0.717, 1.165) is 0 Å². The van der Waals surface area contributed by atoms with Crippen molar-refractivity contribution in [3.8, 4) is 0 Å². The van der Waals surface area contributed by atoms with E-state index in [0.29, 0.717) is 10.9 Å². The van der Waals surface area contributed by atoms with Crippen LogP contribution in [0, 0.1) is 0 Å². The third kappa shape index (κ3) is 3.31. The van der Waals surface area contributed by atoms with Crippen LogP contribution in [0.25, 0.3) is 10.9 Å². The van der Waals surface area contributed by atoms with Gasteiger partial charge in [0, 0.05) is 24.5 Å². The third-order valence-corrected chi connectivity index (χ3v) is 4.27. The SMILES string of the molecule is O=C(O)CCCNS(=O)(=O)c1cccc2ncccc12. The second-order valence-corrected chi connectivity index (χ2v) is 5.96. The number of nitrogens with zero attached hydrogens (tertiary/aromatic N) is 1. The maximum absolute atomic E-state index is 12.2. The Bertz CT molecular complexity index is 723. The van der Waals surface area contributed by atoms with Crippen LogP contribution in [-0.4, -0.2) is 31.0 Å². The molecule has 0 fully saturated rings. The number of rotatable bonds is 6. The second-order valence-electron chi connectivity index (χ2n) is 4.22. The molecule has 1 heterocycles. The molecule has 2 rings (SSSR count). The molecule has 20 heavy (non-hydrogen) atoms. The number of fused-ring (bicyclic) bond motifs is 1. The van der Waals surface area contributed by atoms with Crippen molar-refractivity contribution in [1.82, 2.24) is 9.71 Å². The molecule has 0 aliphatic carbocycles. The van der Waals surface area contributed by atoms with E-state index in [4.69, 9.17) is 5.11 Å². The van der Waals surface area contributed by atoms with Crippen molar-refractivity contribution in [2.75, 3.05) is 6.54 Å². The number of aliphatic carboxylic acids is 1. The van der Waals surface area contributed by atoms with Crippen LogP contribution < -0.4 is 4.72 Å². The van der Waals surface area contributed by atoms with E-state index >= 15 is 0 Å². The van der Waals surface area contributed by atoms with Crippen molar-refractivity contribution in [2.45, 2.75) is 17.7 Å². The summed E-state index contributed by atoms with van der Waals surface area (Å²) in [6, 6.07) is 8.23. The molecule has 106 valence electrons. The zero-order valence-corrected chi connectivity index (χ0v) is 11.4. The summed E-state index contributed by atoms with van der Waals surface area (Å²) in [5.74, 6) is -0.946. The number of hydrogen-bond donors (Lipinski definition) is 2. The van der Waals surface area contributed by atoms with Crippen LogP contribution in [0.4, 0.5) is 0 Å². The molecule has 0 radical (unpaired) electrons. The Morgan fingerprint density at radius 3 is 2.80 bits per heavy atom. The van der Waals surface area contributed by atoms with Gasteiger partial charge < -0.3 is 5.11 Å². The normalized spacial score (nSPS) is 11.6. The van der Waals surface area contributed by atoms with Crippen LogP contribution >= 0.6 is 0 Å². The zero-order valence-electron chi connectivity index (χ0n) is 10.6.